The number of nitrogen functional groups attached to an aromatic ring is 1. The number of carbonyl (C=O) groups excluding carboxylic acids is 1. The van der Waals surface area contributed by atoms with Crippen LogP contribution in [0.1, 0.15) is 49.9 Å². The average molecular weight is 281 g/mol. The summed E-state index contributed by atoms with van der Waals surface area (Å²) in [5.74, 6) is 0.786. The van der Waals surface area contributed by atoms with Gasteiger partial charge < -0.3 is 19.8 Å². The second kappa shape index (κ2) is 5.83. The summed E-state index contributed by atoms with van der Waals surface area (Å²) in [4.78, 5) is 16.3. The number of anilines is 1. The Bertz CT molecular complexity index is 490. The smallest absolute Gasteiger partial charge is 0.360 e. The molecule has 0 unspecified atom stereocenters. The van der Waals surface area contributed by atoms with E-state index in [0.29, 0.717) is 25.6 Å². The zero-order valence-corrected chi connectivity index (χ0v) is 12.4. The average Bonchev–Trinajstić information content (AvgIpc) is 2.77. The second-order valence-electron chi connectivity index (χ2n) is 5.28. The van der Waals surface area contributed by atoms with Crippen LogP contribution in [-0.4, -0.2) is 35.3 Å². The molecule has 1 aliphatic rings. The van der Waals surface area contributed by atoms with Gasteiger partial charge in [0.25, 0.3) is 0 Å². The molecule has 1 aliphatic heterocycles. The molecule has 0 radical (unpaired) electrons. The van der Waals surface area contributed by atoms with Crippen LogP contribution in [0, 0.1) is 0 Å². The molecule has 0 aliphatic carbocycles. The van der Waals surface area contributed by atoms with Gasteiger partial charge in [0.1, 0.15) is 11.6 Å². The zero-order valence-electron chi connectivity index (χ0n) is 12.4. The van der Waals surface area contributed by atoms with Crippen LogP contribution in [0.5, 0.6) is 0 Å². The van der Waals surface area contributed by atoms with E-state index in [9.17, 15) is 4.79 Å². The Morgan fingerprint density at radius 1 is 1.45 bits per heavy atom. The Morgan fingerprint density at radius 2 is 2.10 bits per heavy atom. The summed E-state index contributed by atoms with van der Waals surface area (Å²) in [6, 6.07) is 0. The Balaban J connectivity index is 2.44. The molecule has 2 N–H and O–H groups in total. The number of aryl methyl sites for hydroxylation is 1. The van der Waals surface area contributed by atoms with Gasteiger partial charge in [-0.15, -0.1) is 0 Å². The fourth-order valence-corrected chi connectivity index (χ4v) is 2.71. The molecule has 1 aromatic rings. The lowest BCUT2D eigenvalue weighted by Crippen LogP contribution is -2.38. The third-order valence-electron chi connectivity index (χ3n) is 3.88. The lowest BCUT2D eigenvalue weighted by molar-refractivity contribution is 0.0292. The van der Waals surface area contributed by atoms with E-state index in [2.05, 4.69) is 11.9 Å². The summed E-state index contributed by atoms with van der Waals surface area (Å²) in [6.07, 6.45) is 2.45. The van der Waals surface area contributed by atoms with Crippen molar-refractivity contribution in [3.63, 3.8) is 0 Å². The van der Waals surface area contributed by atoms with E-state index in [4.69, 9.17) is 15.2 Å². The molecule has 1 saturated heterocycles. The van der Waals surface area contributed by atoms with Gasteiger partial charge in [-0.25, -0.2) is 9.78 Å². The first kappa shape index (κ1) is 14.8. The predicted octanol–water partition coefficient (Wildman–Crippen LogP) is 1.73. The summed E-state index contributed by atoms with van der Waals surface area (Å²) >= 11 is 0. The van der Waals surface area contributed by atoms with E-state index in [1.165, 1.54) is 0 Å². The van der Waals surface area contributed by atoms with E-state index in [1.54, 1.807) is 6.92 Å². The Hall–Kier alpha value is -1.56. The number of nitrogens with zero attached hydrogens (tertiary/aromatic N) is 2. The van der Waals surface area contributed by atoms with Crippen LogP contribution in [0.2, 0.25) is 0 Å². The highest BCUT2D eigenvalue weighted by Crippen LogP contribution is 2.34. The number of ether oxygens (including phenoxy) is 2. The fraction of sp³-hybridized carbons (Fsp3) is 0.714. The van der Waals surface area contributed by atoms with Gasteiger partial charge in [-0.1, -0.05) is 6.92 Å². The molecule has 2 rings (SSSR count). The molecular weight excluding hydrogens is 258 g/mol. The molecule has 6 heteroatoms. The topological polar surface area (TPSA) is 79.4 Å². The molecule has 20 heavy (non-hydrogen) atoms. The third-order valence-corrected chi connectivity index (χ3v) is 3.88. The van der Waals surface area contributed by atoms with Crippen molar-refractivity contribution in [1.82, 2.24) is 9.55 Å². The van der Waals surface area contributed by atoms with Gasteiger partial charge in [0.2, 0.25) is 0 Å². The zero-order chi connectivity index (χ0) is 14.8. The minimum atomic E-state index is -0.450. The lowest BCUT2D eigenvalue weighted by Gasteiger charge is -2.36. The maximum Gasteiger partial charge on any atom is 0.360 e. The molecule has 6 nitrogen and oxygen atoms in total. The van der Waals surface area contributed by atoms with Crippen LogP contribution in [-0.2, 0) is 21.4 Å². The minimum Gasteiger partial charge on any atom is -0.461 e. The minimum absolute atomic E-state index is 0.147. The number of hydrogen-bond donors (Lipinski definition) is 1. The number of esters is 1. The van der Waals surface area contributed by atoms with Gasteiger partial charge in [-0.2, -0.15) is 0 Å². The van der Waals surface area contributed by atoms with Crippen molar-refractivity contribution in [2.75, 3.05) is 25.6 Å². The van der Waals surface area contributed by atoms with E-state index in [-0.39, 0.29) is 11.2 Å². The Morgan fingerprint density at radius 3 is 2.65 bits per heavy atom. The highest BCUT2D eigenvalue weighted by Gasteiger charge is 2.35. The Labute approximate surface area is 119 Å². The van der Waals surface area contributed by atoms with E-state index in [0.717, 1.165) is 25.1 Å². The van der Waals surface area contributed by atoms with Crippen LogP contribution in [0.4, 0.5) is 5.82 Å². The molecule has 0 aromatic carbocycles. The highest BCUT2D eigenvalue weighted by atomic mass is 16.5. The first-order chi connectivity index (χ1) is 9.53. The van der Waals surface area contributed by atoms with Gasteiger partial charge in [0.05, 0.1) is 6.61 Å². The van der Waals surface area contributed by atoms with Crippen molar-refractivity contribution in [3.8, 4) is 0 Å². The molecule has 0 saturated carbocycles. The number of aromatic nitrogens is 2. The quantitative estimate of drug-likeness (QED) is 0.850. The van der Waals surface area contributed by atoms with Crippen molar-refractivity contribution in [2.45, 2.75) is 45.6 Å². The monoisotopic (exact) mass is 281 g/mol. The third kappa shape index (κ3) is 2.52. The highest BCUT2D eigenvalue weighted by molar-refractivity contribution is 5.92. The first-order valence-corrected chi connectivity index (χ1v) is 7.16. The van der Waals surface area contributed by atoms with Crippen LogP contribution in [0.25, 0.3) is 0 Å². The summed E-state index contributed by atoms with van der Waals surface area (Å²) in [5.41, 5.74) is 6.27. The van der Waals surface area contributed by atoms with Gasteiger partial charge in [0.15, 0.2) is 5.69 Å². The van der Waals surface area contributed by atoms with Crippen molar-refractivity contribution >= 4 is 11.8 Å². The fourth-order valence-electron chi connectivity index (χ4n) is 2.71. The SMILES string of the molecule is CCOC(=O)c1nc(CC)n(C2(C)CCOCC2)c1N. The lowest BCUT2D eigenvalue weighted by atomic mass is 9.91. The molecule has 0 spiro atoms. The number of rotatable bonds is 4. The van der Waals surface area contributed by atoms with Crippen molar-refractivity contribution in [2.24, 2.45) is 0 Å². The second-order valence-corrected chi connectivity index (χ2v) is 5.28. The largest absolute Gasteiger partial charge is 0.461 e. The number of carbonyl (C=O) groups is 1. The summed E-state index contributed by atoms with van der Waals surface area (Å²) in [6.45, 7) is 7.64. The molecule has 0 bridgehead atoms. The van der Waals surface area contributed by atoms with Gasteiger partial charge in [-0.3, -0.25) is 0 Å². The molecule has 1 fully saturated rings. The van der Waals surface area contributed by atoms with Crippen LogP contribution in [0.3, 0.4) is 0 Å². The van der Waals surface area contributed by atoms with Crippen LogP contribution >= 0.6 is 0 Å². The van der Waals surface area contributed by atoms with Gasteiger partial charge in [0, 0.05) is 25.2 Å². The molecule has 2 heterocycles. The molecule has 112 valence electrons. The van der Waals surface area contributed by atoms with Crippen molar-refractivity contribution < 1.29 is 14.3 Å². The first-order valence-electron chi connectivity index (χ1n) is 7.16. The number of hydrogen-bond acceptors (Lipinski definition) is 5. The maximum absolute atomic E-state index is 11.9. The number of nitrogens with two attached hydrogens (primary N) is 1. The number of imidazole rings is 1. The molecular formula is C14H23N3O3. The van der Waals surface area contributed by atoms with Crippen molar-refractivity contribution in [3.05, 3.63) is 11.5 Å². The summed E-state index contributed by atoms with van der Waals surface area (Å²) < 4.78 is 12.5. The molecule has 0 amide bonds. The Kier molecular flexibility index (Phi) is 4.32. The molecule has 0 atom stereocenters. The van der Waals surface area contributed by atoms with Crippen LogP contribution in [0.15, 0.2) is 0 Å². The molecule has 1 aromatic heterocycles. The maximum atomic E-state index is 11.9. The van der Waals surface area contributed by atoms with E-state index in [1.807, 2.05) is 11.5 Å². The standard InChI is InChI=1S/C14H23N3O3/c1-4-10-16-11(13(18)20-5-2)12(15)17(10)14(3)6-8-19-9-7-14/h4-9,15H2,1-3H3. The van der Waals surface area contributed by atoms with Crippen molar-refractivity contribution in [1.29, 1.82) is 0 Å². The predicted molar refractivity (Wildman–Crippen MR) is 75.7 cm³/mol. The van der Waals surface area contributed by atoms with Crippen LogP contribution < -0.4 is 5.73 Å². The van der Waals surface area contributed by atoms with Gasteiger partial charge >= 0.3 is 5.97 Å². The normalized spacial score (nSPS) is 17.9. The van der Waals surface area contributed by atoms with Gasteiger partial charge in [-0.05, 0) is 26.7 Å². The summed E-state index contributed by atoms with van der Waals surface area (Å²) in [7, 11) is 0. The van der Waals surface area contributed by atoms with E-state index >= 15 is 0 Å². The van der Waals surface area contributed by atoms with E-state index < -0.39 is 5.97 Å². The summed E-state index contributed by atoms with van der Waals surface area (Å²) in [5, 5.41) is 0.